The number of hydrogen-bond acceptors (Lipinski definition) is 14. The molecule has 20 heteroatoms. The molecule has 0 bridgehead atoms. The maximum absolute atomic E-state index is 13.5. The summed E-state index contributed by atoms with van der Waals surface area (Å²) in [5.74, 6) is -2.81. The Morgan fingerprint density at radius 2 is 1.82 bits per heavy atom. The zero-order chi connectivity index (χ0) is 35.9. The molecule has 7 rings (SSSR count). The Labute approximate surface area is 290 Å². The topological polar surface area (TPSA) is 306 Å². The Kier molecular flexibility index (Phi) is 9.87. The number of fused-ring (bicyclic) bond motifs is 2. The lowest BCUT2D eigenvalue weighted by Gasteiger charge is -2.15. The molecule has 0 unspecified atom stereocenters. The highest BCUT2D eigenvalue weighted by molar-refractivity contribution is 5.97. The number of carboxylic acid groups (broad SMARTS) is 1. The van der Waals surface area contributed by atoms with Gasteiger partial charge in [0.05, 0.1) is 6.04 Å². The summed E-state index contributed by atoms with van der Waals surface area (Å²) in [5.41, 5.74) is 24.2. The van der Waals surface area contributed by atoms with Gasteiger partial charge in [-0.15, -0.1) is 12.4 Å². The van der Waals surface area contributed by atoms with E-state index in [0.717, 1.165) is 27.2 Å². The fourth-order valence-corrected chi connectivity index (χ4v) is 5.57. The number of rotatable bonds is 8. The molecule has 3 aromatic heterocycles. The normalized spacial score (nSPS) is 13.3. The van der Waals surface area contributed by atoms with Gasteiger partial charge >= 0.3 is 11.7 Å². The number of carboxylic acids is 1. The number of amides is 1. The number of carbonyl (C=O) groups is 2. The van der Waals surface area contributed by atoms with Gasteiger partial charge in [-0.05, 0) is 47.7 Å². The first-order valence-corrected chi connectivity index (χ1v) is 14.8. The third-order valence-corrected chi connectivity index (χ3v) is 8.09. The van der Waals surface area contributed by atoms with Crippen molar-refractivity contribution in [1.82, 2.24) is 29.8 Å². The van der Waals surface area contributed by atoms with Gasteiger partial charge in [0, 0.05) is 30.3 Å². The molecule has 6 aromatic rings. The summed E-state index contributed by atoms with van der Waals surface area (Å²) in [6.07, 6.45) is 1.32. The maximum Gasteiger partial charge on any atom is 0.439 e. The number of aromatic nitrogens is 5. The van der Waals surface area contributed by atoms with E-state index in [-0.39, 0.29) is 65.2 Å². The molecule has 3 heterocycles. The highest BCUT2D eigenvalue weighted by Gasteiger charge is 2.27. The van der Waals surface area contributed by atoms with Crippen LogP contribution in [0.1, 0.15) is 55.7 Å². The molecule has 0 aliphatic heterocycles. The van der Waals surface area contributed by atoms with Crippen LogP contribution in [0.3, 0.4) is 0 Å². The molecule has 0 radical (unpaired) electrons. The molecule has 264 valence electrons. The van der Waals surface area contributed by atoms with E-state index in [2.05, 4.69) is 35.3 Å². The largest absolute Gasteiger partial charge is 0.477 e. The predicted octanol–water partition coefficient (Wildman–Crippen LogP) is 0.849. The van der Waals surface area contributed by atoms with Gasteiger partial charge < -0.3 is 38.7 Å². The highest BCUT2D eigenvalue weighted by atomic mass is 35.5. The number of aromatic amines is 1. The number of nitrogens with one attached hydrogen (secondary N) is 3. The van der Waals surface area contributed by atoms with Crippen LogP contribution in [0.4, 0.5) is 27.5 Å². The average molecular weight is 722 g/mol. The number of anilines is 4. The van der Waals surface area contributed by atoms with Crippen LogP contribution >= 0.6 is 12.4 Å². The first kappa shape index (κ1) is 35.7. The molecular weight excluding hydrogens is 693 g/mol. The SMILES string of the molecule is Cl.NCc1ccc(F)c(CNc2c(N)c(=O)c2=O)c1.Nc1nc(N)n2c(C(=O)O)cc(C(=O)N[C@H]3CCc4cc(-c5noc(=O)[nH]5)ccc43)nc12. The van der Waals surface area contributed by atoms with Gasteiger partial charge in [0.2, 0.25) is 5.95 Å². The number of nitrogens with zero attached hydrogens (tertiary/aromatic N) is 4. The van der Waals surface area contributed by atoms with Gasteiger partial charge in [-0.2, -0.15) is 4.98 Å². The fraction of sp³-hybridized carbons (Fsp3) is 0.161. The maximum atomic E-state index is 13.5. The minimum Gasteiger partial charge on any atom is -0.477 e. The van der Waals surface area contributed by atoms with E-state index in [1.165, 1.54) is 6.07 Å². The molecule has 3 aromatic carbocycles. The minimum atomic E-state index is -1.31. The van der Waals surface area contributed by atoms with Crippen LogP contribution in [0, 0.1) is 5.82 Å². The van der Waals surface area contributed by atoms with Gasteiger partial charge in [-0.3, -0.25) is 28.3 Å². The van der Waals surface area contributed by atoms with Crippen LogP contribution < -0.4 is 50.2 Å². The lowest BCUT2D eigenvalue weighted by molar-refractivity contribution is 0.0688. The second kappa shape index (κ2) is 14.1. The number of imidazole rings is 1. The van der Waals surface area contributed by atoms with Crippen molar-refractivity contribution in [3.63, 3.8) is 0 Å². The summed E-state index contributed by atoms with van der Waals surface area (Å²) in [4.78, 5) is 68.3. The summed E-state index contributed by atoms with van der Waals surface area (Å²) < 4.78 is 19.1. The number of aryl methyl sites for hydroxylation is 1. The van der Waals surface area contributed by atoms with E-state index in [0.29, 0.717) is 36.3 Å². The number of nitrogens with two attached hydrogens (primary N) is 4. The fourth-order valence-electron chi connectivity index (χ4n) is 5.57. The van der Waals surface area contributed by atoms with Crippen LogP contribution in [-0.4, -0.2) is 41.5 Å². The van der Waals surface area contributed by atoms with E-state index in [1.54, 1.807) is 18.2 Å². The molecule has 12 N–H and O–H groups in total. The van der Waals surface area contributed by atoms with E-state index >= 15 is 0 Å². The summed E-state index contributed by atoms with van der Waals surface area (Å²) >= 11 is 0. The molecule has 51 heavy (non-hydrogen) atoms. The molecule has 0 saturated carbocycles. The average Bonchev–Trinajstić information content (AvgIpc) is 3.81. The zero-order valence-electron chi connectivity index (χ0n) is 26.2. The van der Waals surface area contributed by atoms with E-state index in [4.69, 9.17) is 22.9 Å². The molecule has 1 aliphatic rings. The molecule has 1 aliphatic carbocycles. The Morgan fingerprint density at radius 3 is 2.49 bits per heavy atom. The first-order valence-electron chi connectivity index (χ1n) is 14.8. The van der Waals surface area contributed by atoms with Crippen molar-refractivity contribution in [2.75, 3.05) is 22.5 Å². The molecular formula is C31H29ClFN11O7. The summed E-state index contributed by atoms with van der Waals surface area (Å²) in [5, 5.41) is 18.7. The molecule has 18 nitrogen and oxygen atoms in total. The number of nitrogen functional groups attached to an aromatic ring is 3. The van der Waals surface area contributed by atoms with Gasteiger partial charge in [0.15, 0.2) is 17.3 Å². The number of hydrogen-bond donors (Lipinski definition) is 8. The van der Waals surface area contributed by atoms with E-state index in [9.17, 15) is 33.5 Å². The lowest BCUT2D eigenvalue weighted by Crippen LogP contribution is -2.37. The van der Waals surface area contributed by atoms with Gasteiger partial charge in [-0.25, -0.2) is 19.0 Å². The summed E-state index contributed by atoms with van der Waals surface area (Å²) in [6, 6.07) is 10.8. The Hall–Kier alpha value is -6.60. The van der Waals surface area contributed by atoms with Crippen LogP contribution in [0.15, 0.2) is 61.4 Å². The third kappa shape index (κ3) is 6.82. The van der Waals surface area contributed by atoms with Crippen molar-refractivity contribution in [3.05, 3.63) is 113 Å². The second-order valence-electron chi connectivity index (χ2n) is 11.2. The minimum absolute atomic E-state index is 0. The zero-order valence-corrected chi connectivity index (χ0v) is 27.0. The van der Waals surface area contributed by atoms with Crippen molar-refractivity contribution in [2.45, 2.75) is 32.0 Å². The van der Waals surface area contributed by atoms with Gasteiger partial charge in [0.25, 0.3) is 16.8 Å². The molecule has 1 amide bonds. The number of H-pyrrole nitrogens is 1. The second-order valence-corrected chi connectivity index (χ2v) is 11.2. The highest BCUT2D eigenvalue weighted by Crippen LogP contribution is 2.34. The standard InChI is InChI=1S/C19H16N8O5.C12H12FN3O2.ClH/c20-13-15-22-11(6-12(17(29)30)27(15)18(21)24-13)16(28)23-10-4-2-7-5-8(1-3-9(7)10)14-25-19(31)32-26-14;13-8-2-1-6(4-14)3-7(8)5-16-10-9(15)11(17)12(10)18;/h1,3,5-6,10H,2,4,20H2,(H2,21,24)(H,23,28)(H,29,30)(H,25,26,31);1-3,16H,4-5,14-15H2;1H/t10-;;/m0../s1. The Bertz CT molecular complexity index is 2450. The molecule has 0 spiro atoms. The smallest absolute Gasteiger partial charge is 0.439 e. The number of halogens is 2. The summed E-state index contributed by atoms with van der Waals surface area (Å²) in [7, 11) is 0. The number of carbonyl (C=O) groups excluding carboxylic acids is 1. The predicted molar refractivity (Wildman–Crippen MR) is 184 cm³/mol. The monoisotopic (exact) mass is 721 g/mol. The van der Waals surface area contributed by atoms with Gasteiger partial charge in [0.1, 0.15) is 28.6 Å². The van der Waals surface area contributed by atoms with Crippen molar-refractivity contribution >= 4 is 53.1 Å². The lowest BCUT2D eigenvalue weighted by atomic mass is 10.0. The van der Waals surface area contributed by atoms with Crippen molar-refractivity contribution < 1.29 is 23.6 Å². The van der Waals surface area contributed by atoms with Crippen LogP contribution in [0.25, 0.3) is 17.0 Å². The Morgan fingerprint density at radius 1 is 1.06 bits per heavy atom. The number of aromatic carboxylic acids is 1. The van der Waals surface area contributed by atoms with E-state index in [1.807, 2.05) is 12.1 Å². The molecule has 0 fully saturated rings. The quantitative estimate of drug-likeness (QED) is 0.101. The van der Waals surface area contributed by atoms with E-state index < -0.39 is 34.3 Å². The van der Waals surface area contributed by atoms with Crippen LogP contribution in [0.5, 0.6) is 0 Å². The van der Waals surface area contributed by atoms with Crippen LogP contribution in [0.2, 0.25) is 0 Å². The number of benzene rings is 2. The van der Waals surface area contributed by atoms with Crippen molar-refractivity contribution in [3.8, 4) is 11.4 Å². The Balaban J connectivity index is 0.000000226. The first-order chi connectivity index (χ1) is 23.9. The molecule has 0 saturated heterocycles. The van der Waals surface area contributed by atoms with Gasteiger partial charge in [-0.1, -0.05) is 23.4 Å². The van der Waals surface area contributed by atoms with Crippen LogP contribution in [-0.2, 0) is 19.5 Å². The third-order valence-electron chi connectivity index (χ3n) is 8.09. The van der Waals surface area contributed by atoms with Crippen molar-refractivity contribution in [2.24, 2.45) is 5.73 Å². The molecule has 1 atom stereocenters. The van der Waals surface area contributed by atoms with Crippen molar-refractivity contribution in [1.29, 1.82) is 0 Å². The summed E-state index contributed by atoms with van der Waals surface area (Å²) in [6.45, 7) is 0.379.